The molecule has 27 heavy (non-hydrogen) atoms. The van der Waals surface area contributed by atoms with Gasteiger partial charge < -0.3 is 9.80 Å². The largest absolute Gasteiger partial charge is 0.348 e. The number of carbonyl (C=O) groups is 2. The minimum atomic E-state index is -0.0573. The number of nitriles is 1. The van der Waals surface area contributed by atoms with Crippen LogP contribution in [0.1, 0.15) is 48.0 Å². The van der Waals surface area contributed by atoms with E-state index < -0.39 is 0 Å². The van der Waals surface area contributed by atoms with Gasteiger partial charge in [0.1, 0.15) is 0 Å². The first-order valence-corrected chi connectivity index (χ1v) is 9.70. The van der Waals surface area contributed by atoms with Crippen LogP contribution in [-0.2, 0) is 4.79 Å². The molecule has 0 N–H and O–H groups in total. The van der Waals surface area contributed by atoms with Crippen molar-refractivity contribution >= 4 is 11.8 Å². The highest BCUT2D eigenvalue weighted by molar-refractivity contribution is 5.96. The molecule has 1 spiro atoms. The zero-order valence-electron chi connectivity index (χ0n) is 16.3. The summed E-state index contributed by atoms with van der Waals surface area (Å²) in [6.07, 6.45) is 5.01. The van der Waals surface area contributed by atoms with Crippen LogP contribution in [0.4, 0.5) is 0 Å². The number of likely N-dealkylation sites (N-methyl/N-ethyl adjacent to an activating group) is 1. The van der Waals surface area contributed by atoms with E-state index in [2.05, 4.69) is 11.0 Å². The van der Waals surface area contributed by atoms with Crippen LogP contribution in [-0.4, -0.2) is 72.3 Å². The molecule has 0 saturated carbocycles. The lowest BCUT2D eigenvalue weighted by Crippen LogP contribution is -2.48. The van der Waals surface area contributed by atoms with E-state index in [0.29, 0.717) is 30.8 Å². The second kappa shape index (κ2) is 8.10. The molecule has 2 saturated heterocycles. The second-order valence-corrected chi connectivity index (χ2v) is 7.84. The van der Waals surface area contributed by atoms with E-state index in [9.17, 15) is 14.9 Å². The Bertz CT molecular complexity index is 755. The average molecular weight is 368 g/mol. The minimum Gasteiger partial charge on any atom is -0.348 e. The highest BCUT2D eigenvalue weighted by Gasteiger charge is 2.43. The van der Waals surface area contributed by atoms with Crippen molar-refractivity contribution in [2.75, 3.05) is 40.3 Å². The number of likely N-dealkylation sites (tertiary alicyclic amines) is 2. The molecule has 6 nitrogen and oxygen atoms in total. The predicted octanol–water partition coefficient (Wildman–Crippen LogP) is 2.11. The fraction of sp³-hybridized carbons (Fsp3) is 0.571. The number of rotatable bonds is 3. The molecular weight excluding hydrogens is 340 g/mol. The zero-order valence-corrected chi connectivity index (χ0v) is 16.3. The summed E-state index contributed by atoms with van der Waals surface area (Å²) in [6.45, 7) is 2.78. The Morgan fingerprint density at radius 3 is 2.52 bits per heavy atom. The van der Waals surface area contributed by atoms with Crippen molar-refractivity contribution in [2.24, 2.45) is 0 Å². The second-order valence-electron chi connectivity index (χ2n) is 7.84. The van der Waals surface area contributed by atoms with Crippen molar-refractivity contribution in [3.8, 4) is 6.07 Å². The van der Waals surface area contributed by atoms with E-state index in [1.807, 2.05) is 4.90 Å². The molecule has 1 aromatic rings. The fourth-order valence-corrected chi connectivity index (χ4v) is 4.43. The highest BCUT2D eigenvalue weighted by atomic mass is 16.2. The lowest BCUT2D eigenvalue weighted by molar-refractivity contribution is -0.131. The lowest BCUT2D eigenvalue weighted by Gasteiger charge is -2.38. The smallest absolute Gasteiger partial charge is 0.255 e. The fourth-order valence-electron chi connectivity index (χ4n) is 4.43. The molecule has 2 heterocycles. The maximum Gasteiger partial charge on any atom is 0.255 e. The molecule has 1 aromatic carbocycles. The molecule has 0 unspecified atom stereocenters. The SMILES string of the molecule is CN(C)C(=O)CN1CCC[C@]12CCCN(C(=O)c1ccccc1C#N)CC2. The summed E-state index contributed by atoms with van der Waals surface area (Å²) in [6, 6.07) is 9.14. The first-order valence-electron chi connectivity index (χ1n) is 9.70. The molecule has 2 aliphatic heterocycles. The van der Waals surface area contributed by atoms with Gasteiger partial charge in [0.2, 0.25) is 5.91 Å². The van der Waals surface area contributed by atoms with Gasteiger partial charge in [0, 0.05) is 32.7 Å². The van der Waals surface area contributed by atoms with Crippen LogP contribution in [0.5, 0.6) is 0 Å². The number of nitrogens with zero attached hydrogens (tertiary/aromatic N) is 4. The van der Waals surface area contributed by atoms with Crippen molar-refractivity contribution in [2.45, 2.75) is 37.6 Å². The highest BCUT2D eigenvalue weighted by Crippen LogP contribution is 2.38. The van der Waals surface area contributed by atoms with Crippen LogP contribution >= 0.6 is 0 Å². The normalized spacial score (nSPS) is 23.1. The molecule has 0 radical (unpaired) electrons. The van der Waals surface area contributed by atoms with Gasteiger partial charge in [0.15, 0.2) is 0 Å². The molecule has 0 aliphatic carbocycles. The third-order valence-electron chi connectivity index (χ3n) is 6.05. The standard InChI is InChI=1S/C21H28N4O2/c1-23(2)19(26)16-25-13-6-10-21(25)9-5-12-24(14-11-21)20(27)18-8-4-3-7-17(18)15-22/h3-4,7-8H,5-6,9-14,16H2,1-2H3/t21-/m0/s1. The van der Waals surface area contributed by atoms with Crippen LogP contribution in [0.2, 0.25) is 0 Å². The average Bonchev–Trinajstić information content (AvgIpc) is 2.92. The minimum absolute atomic E-state index is 0.0233. The summed E-state index contributed by atoms with van der Waals surface area (Å²) < 4.78 is 0. The molecule has 3 rings (SSSR count). The van der Waals surface area contributed by atoms with Gasteiger partial charge in [-0.05, 0) is 50.8 Å². The number of benzene rings is 1. The first-order chi connectivity index (χ1) is 13.0. The van der Waals surface area contributed by atoms with E-state index in [0.717, 1.165) is 38.6 Å². The Balaban J connectivity index is 1.72. The van der Waals surface area contributed by atoms with Crippen LogP contribution in [0.3, 0.4) is 0 Å². The Kier molecular flexibility index (Phi) is 5.81. The molecule has 2 fully saturated rings. The third kappa shape index (κ3) is 3.98. The molecule has 1 atom stereocenters. The van der Waals surface area contributed by atoms with E-state index in [4.69, 9.17) is 0 Å². The van der Waals surface area contributed by atoms with Gasteiger partial charge in [0.05, 0.1) is 23.7 Å². The van der Waals surface area contributed by atoms with E-state index in [-0.39, 0.29) is 17.4 Å². The van der Waals surface area contributed by atoms with Gasteiger partial charge in [-0.25, -0.2) is 0 Å². The lowest BCUT2D eigenvalue weighted by atomic mass is 9.87. The zero-order chi connectivity index (χ0) is 19.4. The van der Waals surface area contributed by atoms with Crippen LogP contribution in [0, 0.1) is 11.3 Å². The van der Waals surface area contributed by atoms with Crippen molar-refractivity contribution < 1.29 is 9.59 Å². The molecule has 0 aromatic heterocycles. The maximum absolute atomic E-state index is 13.0. The molecule has 6 heteroatoms. The van der Waals surface area contributed by atoms with Crippen molar-refractivity contribution in [1.82, 2.24) is 14.7 Å². The van der Waals surface area contributed by atoms with Crippen molar-refractivity contribution in [1.29, 1.82) is 5.26 Å². The van der Waals surface area contributed by atoms with Crippen molar-refractivity contribution in [3.63, 3.8) is 0 Å². The quantitative estimate of drug-likeness (QED) is 0.819. The van der Waals surface area contributed by atoms with Gasteiger partial charge in [-0.2, -0.15) is 5.26 Å². The molecular formula is C21H28N4O2. The van der Waals surface area contributed by atoms with Crippen LogP contribution < -0.4 is 0 Å². The number of hydrogen-bond acceptors (Lipinski definition) is 4. The van der Waals surface area contributed by atoms with E-state index in [1.54, 1.807) is 43.3 Å². The number of amides is 2. The Hall–Kier alpha value is -2.39. The van der Waals surface area contributed by atoms with Gasteiger partial charge in [-0.15, -0.1) is 0 Å². The predicted molar refractivity (Wildman–Crippen MR) is 103 cm³/mol. The summed E-state index contributed by atoms with van der Waals surface area (Å²) in [5, 5.41) is 9.29. The summed E-state index contributed by atoms with van der Waals surface area (Å²) in [5.41, 5.74) is 0.942. The first kappa shape index (κ1) is 19.4. The van der Waals surface area contributed by atoms with Crippen molar-refractivity contribution in [3.05, 3.63) is 35.4 Å². The van der Waals surface area contributed by atoms with Gasteiger partial charge >= 0.3 is 0 Å². The Morgan fingerprint density at radius 1 is 1.11 bits per heavy atom. The van der Waals surface area contributed by atoms with Gasteiger partial charge in [-0.1, -0.05) is 12.1 Å². The summed E-state index contributed by atoms with van der Waals surface area (Å²) in [5.74, 6) is 0.0783. The van der Waals surface area contributed by atoms with Gasteiger partial charge in [0.25, 0.3) is 5.91 Å². The monoisotopic (exact) mass is 368 g/mol. The summed E-state index contributed by atoms with van der Waals surface area (Å²) in [4.78, 5) is 31.1. The molecule has 2 amide bonds. The number of hydrogen-bond donors (Lipinski definition) is 0. The van der Waals surface area contributed by atoms with Gasteiger partial charge in [-0.3, -0.25) is 14.5 Å². The maximum atomic E-state index is 13.0. The Morgan fingerprint density at radius 2 is 1.81 bits per heavy atom. The summed E-state index contributed by atoms with van der Waals surface area (Å²) >= 11 is 0. The molecule has 144 valence electrons. The number of carbonyl (C=O) groups excluding carboxylic acids is 2. The molecule has 2 aliphatic rings. The Labute approximate surface area is 161 Å². The molecule has 0 bridgehead atoms. The van der Waals surface area contributed by atoms with Crippen LogP contribution in [0.15, 0.2) is 24.3 Å². The van der Waals surface area contributed by atoms with E-state index in [1.165, 1.54) is 0 Å². The topological polar surface area (TPSA) is 67.7 Å². The summed E-state index contributed by atoms with van der Waals surface area (Å²) in [7, 11) is 3.59. The van der Waals surface area contributed by atoms with Crippen LogP contribution in [0.25, 0.3) is 0 Å². The third-order valence-corrected chi connectivity index (χ3v) is 6.05. The van der Waals surface area contributed by atoms with E-state index >= 15 is 0 Å².